The van der Waals surface area contributed by atoms with Gasteiger partial charge < -0.3 is 14.2 Å². The average Bonchev–Trinajstić information content (AvgIpc) is 3.02. The van der Waals surface area contributed by atoms with E-state index in [0.717, 1.165) is 33.4 Å². The molecule has 0 bridgehead atoms. The molecule has 0 saturated carbocycles. The first kappa shape index (κ1) is 15.4. The first-order valence-electron chi connectivity index (χ1n) is 8.66. The lowest BCUT2D eigenvalue weighted by molar-refractivity contribution is -0.176. The van der Waals surface area contributed by atoms with Gasteiger partial charge in [0.15, 0.2) is 5.78 Å². The molecule has 0 N–H and O–H groups in total. The molecule has 130 valence electrons. The zero-order valence-electron chi connectivity index (χ0n) is 14.6. The van der Waals surface area contributed by atoms with Crippen LogP contribution in [-0.2, 0) is 10.5 Å². The first-order chi connectivity index (χ1) is 12.7. The Morgan fingerprint density at radius 3 is 2.54 bits per heavy atom. The third-order valence-electron chi connectivity index (χ3n) is 5.59. The van der Waals surface area contributed by atoms with E-state index in [0.29, 0.717) is 12.0 Å². The van der Waals surface area contributed by atoms with Crippen molar-refractivity contribution in [3.8, 4) is 11.5 Å². The Bertz CT molecular complexity index is 1060. The summed E-state index contributed by atoms with van der Waals surface area (Å²) in [5.41, 5.74) is 2.43. The molecule has 0 aromatic heterocycles. The van der Waals surface area contributed by atoms with E-state index in [9.17, 15) is 4.79 Å². The van der Waals surface area contributed by atoms with Crippen molar-refractivity contribution in [2.24, 2.45) is 0 Å². The Labute approximate surface area is 151 Å². The maximum Gasteiger partial charge on any atom is 0.245 e. The fourth-order valence-electron chi connectivity index (χ4n) is 4.41. The highest BCUT2D eigenvalue weighted by atomic mass is 16.7. The highest BCUT2D eigenvalue weighted by Gasteiger charge is 2.56. The summed E-state index contributed by atoms with van der Waals surface area (Å²) in [7, 11) is 3.31. The van der Waals surface area contributed by atoms with Gasteiger partial charge in [-0.25, -0.2) is 0 Å². The van der Waals surface area contributed by atoms with Crippen LogP contribution in [0.3, 0.4) is 0 Å². The Hall–Kier alpha value is -2.85. The Balaban J connectivity index is 1.83. The number of carbonyl (C=O) groups excluding carboxylic acids is 1. The quantitative estimate of drug-likeness (QED) is 0.689. The van der Waals surface area contributed by atoms with E-state index in [1.165, 1.54) is 0 Å². The minimum absolute atomic E-state index is 0.113. The molecule has 2 atom stereocenters. The molecule has 1 heterocycles. The van der Waals surface area contributed by atoms with Crippen LogP contribution in [0.4, 0.5) is 0 Å². The van der Waals surface area contributed by atoms with Gasteiger partial charge >= 0.3 is 0 Å². The minimum Gasteiger partial charge on any atom is -0.496 e. The van der Waals surface area contributed by atoms with Crippen molar-refractivity contribution < 1.29 is 19.0 Å². The van der Waals surface area contributed by atoms with Crippen LogP contribution in [0.15, 0.2) is 54.6 Å². The molecule has 0 saturated heterocycles. The second kappa shape index (κ2) is 5.32. The summed E-state index contributed by atoms with van der Waals surface area (Å²) >= 11 is 0. The summed E-state index contributed by atoms with van der Waals surface area (Å²) in [4.78, 5) is 12.8. The molecule has 3 aromatic rings. The number of hydrogen-bond donors (Lipinski definition) is 0. The molecular formula is C22H18O4. The van der Waals surface area contributed by atoms with Crippen LogP contribution >= 0.6 is 0 Å². The van der Waals surface area contributed by atoms with E-state index in [2.05, 4.69) is 0 Å². The zero-order chi connectivity index (χ0) is 17.9. The van der Waals surface area contributed by atoms with Gasteiger partial charge in [-0.1, -0.05) is 48.5 Å². The molecule has 26 heavy (non-hydrogen) atoms. The number of fused-ring (bicyclic) bond motifs is 7. The van der Waals surface area contributed by atoms with Gasteiger partial charge in [0.1, 0.15) is 11.5 Å². The van der Waals surface area contributed by atoms with Gasteiger partial charge in [-0.2, -0.15) is 0 Å². The third kappa shape index (κ3) is 1.80. The monoisotopic (exact) mass is 346 g/mol. The number of ether oxygens (including phenoxy) is 3. The molecule has 4 nitrogen and oxygen atoms in total. The van der Waals surface area contributed by atoms with Crippen LogP contribution in [0, 0.1) is 0 Å². The largest absolute Gasteiger partial charge is 0.496 e. The SMILES string of the molecule is COc1cc2c(c3ccccc13)O[C@]1(OC)c3ccccc3C(=O)C[C@@H]21. The van der Waals surface area contributed by atoms with E-state index in [-0.39, 0.29) is 11.7 Å². The number of rotatable bonds is 2. The summed E-state index contributed by atoms with van der Waals surface area (Å²) in [5, 5.41) is 1.95. The molecule has 5 rings (SSSR count). The molecule has 0 unspecified atom stereocenters. The summed E-state index contributed by atoms with van der Waals surface area (Å²) in [6, 6.07) is 17.5. The van der Waals surface area contributed by atoms with Gasteiger partial charge in [0.05, 0.1) is 13.0 Å². The molecule has 2 aliphatic rings. The van der Waals surface area contributed by atoms with Crippen LogP contribution in [0.25, 0.3) is 10.8 Å². The van der Waals surface area contributed by atoms with Crippen LogP contribution in [0.2, 0.25) is 0 Å². The average molecular weight is 346 g/mol. The molecule has 1 aliphatic carbocycles. The molecule has 1 aliphatic heterocycles. The number of methoxy groups -OCH3 is 2. The Morgan fingerprint density at radius 2 is 1.77 bits per heavy atom. The Morgan fingerprint density at radius 1 is 1.04 bits per heavy atom. The third-order valence-corrected chi connectivity index (χ3v) is 5.59. The fraction of sp³-hybridized carbons (Fsp3) is 0.227. The smallest absolute Gasteiger partial charge is 0.245 e. The maximum absolute atomic E-state index is 12.8. The first-order valence-corrected chi connectivity index (χ1v) is 8.66. The normalized spacial score (nSPS) is 23.2. The van der Waals surface area contributed by atoms with E-state index < -0.39 is 5.79 Å². The summed E-state index contributed by atoms with van der Waals surface area (Å²) in [6.45, 7) is 0. The summed E-state index contributed by atoms with van der Waals surface area (Å²) < 4.78 is 18.1. The predicted molar refractivity (Wildman–Crippen MR) is 97.9 cm³/mol. The number of Topliss-reactive ketones (excluding diaryl/α,β-unsaturated/α-hetero) is 1. The van der Waals surface area contributed by atoms with Crippen molar-refractivity contribution in [1.29, 1.82) is 0 Å². The van der Waals surface area contributed by atoms with Gasteiger partial charge in [-0.3, -0.25) is 4.79 Å². The topological polar surface area (TPSA) is 44.8 Å². The fourth-order valence-corrected chi connectivity index (χ4v) is 4.41. The predicted octanol–water partition coefficient (Wildman–Crippen LogP) is 4.41. The van der Waals surface area contributed by atoms with Gasteiger partial charge in [0.25, 0.3) is 0 Å². The number of benzene rings is 3. The van der Waals surface area contributed by atoms with Crippen LogP contribution in [-0.4, -0.2) is 20.0 Å². The number of carbonyl (C=O) groups is 1. The second-order valence-corrected chi connectivity index (χ2v) is 6.74. The number of ketones is 1. The summed E-state index contributed by atoms with van der Waals surface area (Å²) in [5.74, 6) is 0.478. The lowest BCUT2D eigenvalue weighted by Gasteiger charge is -2.37. The lowest BCUT2D eigenvalue weighted by atomic mass is 9.75. The highest BCUT2D eigenvalue weighted by Crippen LogP contribution is 2.58. The van der Waals surface area contributed by atoms with Crippen molar-refractivity contribution in [1.82, 2.24) is 0 Å². The number of hydrogen-bond acceptors (Lipinski definition) is 4. The molecule has 0 fully saturated rings. The van der Waals surface area contributed by atoms with Gasteiger partial charge in [-0.05, 0) is 6.07 Å². The Kier molecular flexibility index (Phi) is 3.15. The highest BCUT2D eigenvalue weighted by molar-refractivity contribution is 6.01. The standard InChI is InChI=1S/C22H18O4/c1-24-20-11-16-18-12-19(23)15-9-5-6-10-17(15)22(18,25-2)26-21(16)14-8-4-3-7-13(14)20/h3-11,18H,12H2,1-2H3/t18-,22+/m0/s1. The van der Waals surface area contributed by atoms with Crippen molar-refractivity contribution in [2.75, 3.05) is 14.2 Å². The minimum atomic E-state index is -0.984. The second-order valence-electron chi connectivity index (χ2n) is 6.74. The lowest BCUT2D eigenvalue weighted by Crippen LogP contribution is -2.42. The molecule has 0 radical (unpaired) electrons. The molecule has 4 heteroatoms. The summed E-state index contributed by atoms with van der Waals surface area (Å²) in [6.07, 6.45) is 0.347. The van der Waals surface area contributed by atoms with Gasteiger partial charge in [-0.15, -0.1) is 0 Å². The van der Waals surface area contributed by atoms with Crippen molar-refractivity contribution in [3.05, 3.63) is 71.3 Å². The van der Waals surface area contributed by atoms with Crippen LogP contribution in [0.5, 0.6) is 11.5 Å². The molecule has 3 aromatic carbocycles. The van der Waals surface area contributed by atoms with Crippen LogP contribution in [0.1, 0.15) is 33.8 Å². The molecular weight excluding hydrogens is 328 g/mol. The van der Waals surface area contributed by atoms with Gasteiger partial charge in [0.2, 0.25) is 5.79 Å². The van der Waals surface area contributed by atoms with Crippen molar-refractivity contribution >= 4 is 16.6 Å². The molecule has 0 amide bonds. The maximum atomic E-state index is 12.8. The van der Waals surface area contributed by atoms with E-state index in [1.54, 1.807) is 14.2 Å². The van der Waals surface area contributed by atoms with E-state index in [1.807, 2.05) is 54.6 Å². The van der Waals surface area contributed by atoms with Crippen molar-refractivity contribution in [2.45, 2.75) is 18.1 Å². The van der Waals surface area contributed by atoms with Crippen LogP contribution < -0.4 is 9.47 Å². The zero-order valence-corrected chi connectivity index (χ0v) is 14.6. The molecule has 0 spiro atoms. The van der Waals surface area contributed by atoms with Crippen molar-refractivity contribution in [3.63, 3.8) is 0 Å². The van der Waals surface area contributed by atoms with E-state index in [4.69, 9.17) is 14.2 Å². The van der Waals surface area contributed by atoms with E-state index >= 15 is 0 Å². The van der Waals surface area contributed by atoms with Gasteiger partial charge in [0, 0.05) is 41.0 Å².